The molecule has 0 spiro atoms. The monoisotopic (exact) mass is 445 g/mol. The molecule has 1 aromatic heterocycles. The van der Waals surface area contributed by atoms with E-state index in [-0.39, 0.29) is 17.9 Å². The van der Waals surface area contributed by atoms with Gasteiger partial charge in [0.25, 0.3) is 0 Å². The Hall–Kier alpha value is -4.20. The number of benzene rings is 3. The van der Waals surface area contributed by atoms with Crippen molar-refractivity contribution in [2.75, 3.05) is 24.3 Å². The molecule has 0 saturated carbocycles. The third kappa shape index (κ3) is 5.35. The van der Waals surface area contributed by atoms with E-state index in [0.29, 0.717) is 23.7 Å². The van der Waals surface area contributed by atoms with Crippen LogP contribution in [0.4, 0.5) is 20.7 Å². The van der Waals surface area contributed by atoms with E-state index in [9.17, 15) is 9.18 Å². The van der Waals surface area contributed by atoms with Crippen molar-refractivity contribution in [1.82, 2.24) is 15.5 Å². The number of fused-ring (bicyclic) bond motifs is 1. The summed E-state index contributed by atoms with van der Waals surface area (Å²) in [4.78, 5) is 12.3. The van der Waals surface area contributed by atoms with Gasteiger partial charge in [-0.25, -0.2) is 9.18 Å². The summed E-state index contributed by atoms with van der Waals surface area (Å²) >= 11 is 0. The predicted octanol–water partition coefficient (Wildman–Crippen LogP) is 5.07. The van der Waals surface area contributed by atoms with Crippen molar-refractivity contribution in [2.45, 2.75) is 13.0 Å². The molecular formula is C25H24FN5O2. The highest BCUT2D eigenvalue weighted by Crippen LogP contribution is 2.29. The normalized spacial score (nSPS) is 11.6. The van der Waals surface area contributed by atoms with Crippen LogP contribution in [0, 0.1) is 5.82 Å². The highest BCUT2D eigenvalue weighted by molar-refractivity contribution is 6.00. The van der Waals surface area contributed by atoms with E-state index in [2.05, 4.69) is 26.1 Å². The van der Waals surface area contributed by atoms with Crippen molar-refractivity contribution < 1.29 is 13.9 Å². The number of aromatic nitrogens is 2. The van der Waals surface area contributed by atoms with Gasteiger partial charge in [-0.05, 0) is 55.5 Å². The van der Waals surface area contributed by atoms with Crippen molar-refractivity contribution >= 4 is 28.3 Å². The van der Waals surface area contributed by atoms with Crippen LogP contribution in [-0.2, 0) is 0 Å². The Kier molecular flexibility index (Phi) is 6.64. The number of urea groups is 1. The Bertz CT molecular complexity index is 1250. The molecule has 1 atom stereocenters. The second kappa shape index (κ2) is 9.95. The minimum absolute atomic E-state index is 0.180. The number of amides is 2. The lowest BCUT2D eigenvalue weighted by Crippen LogP contribution is -2.40. The van der Waals surface area contributed by atoms with E-state index in [4.69, 9.17) is 4.74 Å². The standard InChI is InChI=1S/C25H24FN5O2/c1-16(28-25(32)29-19-11-13-20(33-2)14-12-19)15-27-24-22-6-4-3-5-21(22)23(30-31-24)17-7-9-18(26)10-8-17/h3-14,16H,15H2,1-2H3,(H,27,31)(H2,28,29,32)/t16-/m0/s1. The molecule has 3 aromatic carbocycles. The van der Waals surface area contributed by atoms with E-state index >= 15 is 0 Å². The first-order valence-corrected chi connectivity index (χ1v) is 10.5. The summed E-state index contributed by atoms with van der Waals surface area (Å²) < 4.78 is 18.4. The van der Waals surface area contributed by atoms with Crippen LogP contribution >= 0.6 is 0 Å². The summed E-state index contributed by atoms with van der Waals surface area (Å²) in [5, 5.41) is 19.5. The molecule has 168 valence electrons. The van der Waals surface area contributed by atoms with E-state index < -0.39 is 0 Å². The molecule has 7 nitrogen and oxygen atoms in total. The van der Waals surface area contributed by atoms with Gasteiger partial charge in [0.15, 0.2) is 5.82 Å². The minimum Gasteiger partial charge on any atom is -0.497 e. The molecule has 33 heavy (non-hydrogen) atoms. The van der Waals surface area contributed by atoms with Crippen LogP contribution in [0.2, 0.25) is 0 Å². The number of hydrogen-bond donors (Lipinski definition) is 3. The number of hydrogen-bond acceptors (Lipinski definition) is 5. The average molecular weight is 445 g/mol. The molecule has 0 aliphatic rings. The first-order valence-electron chi connectivity index (χ1n) is 10.5. The quantitative estimate of drug-likeness (QED) is 0.370. The number of ether oxygens (including phenoxy) is 1. The van der Waals surface area contributed by atoms with Gasteiger partial charge < -0.3 is 20.7 Å². The Morgan fingerprint density at radius 3 is 2.36 bits per heavy atom. The number of methoxy groups -OCH3 is 1. The Balaban J connectivity index is 1.42. The lowest BCUT2D eigenvalue weighted by Gasteiger charge is -2.17. The molecule has 0 fully saturated rings. The topological polar surface area (TPSA) is 88.2 Å². The fourth-order valence-corrected chi connectivity index (χ4v) is 3.42. The number of rotatable bonds is 7. The Morgan fingerprint density at radius 1 is 0.970 bits per heavy atom. The van der Waals surface area contributed by atoms with Crippen LogP contribution in [0.3, 0.4) is 0 Å². The van der Waals surface area contributed by atoms with Crippen molar-refractivity contribution in [3.63, 3.8) is 0 Å². The highest BCUT2D eigenvalue weighted by Gasteiger charge is 2.13. The van der Waals surface area contributed by atoms with Crippen molar-refractivity contribution in [2.24, 2.45) is 0 Å². The summed E-state index contributed by atoms with van der Waals surface area (Å²) in [5.41, 5.74) is 2.14. The van der Waals surface area contributed by atoms with Gasteiger partial charge in [-0.3, -0.25) is 0 Å². The zero-order valence-corrected chi connectivity index (χ0v) is 18.3. The molecule has 0 unspecified atom stereocenters. The van der Waals surface area contributed by atoms with E-state index in [1.165, 1.54) is 12.1 Å². The Morgan fingerprint density at radius 2 is 1.67 bits per heavy atom. The fourth-order valence-electron chi connectivity index (χ4n) is 3.42. The maximum atomic E-state index is 13.3. The average Bonchev–Trinajstić information content (AvgIpc) is 2.83. The van der Waals surface area contributed by atoms with E-state index in [1.807, 2.05) is 31.2 Å². The maximum absolute atomic E-state index is 13.3. The lowest BCUT2D eigenvalue weighted by atomic mass is 10.0. The zero-order valence-electron chi connectivity index (χ0n) is 18.3. The predicted molar refractivity (Wildman–Crippen MR) is 128 cm³/mol. The van der Waals surface area contributed by atoms with Gasteiger partial charge in [-0.1, -0.05) is 24.3 Å². The SMILES string of the molecule is COc1ccc(NC(=O)N[C@@H](C)CNc2nnc(-c3ccc(F)cc3)c3ccccc23)cc1. The van der Waals surface area contributed by atoms with Gasteiger partial charge in [-0.15, -0.1) is 10.2 Å². The summed E-state index contributed by atoms with van der Waals surface area (Å²) in [7, 11) is 1.59. The van der Waals surface area contributed by atoms with Crippen molar-refractivity contribution in [1.29, 1.82) is 0 Å². The van der Waals surface area contributed by atoms with Crippen LogP contribution in [0.25, 0.3) is 22.0 Å². The van der Waals surface area contributed by atoms with Crippen LogP contribution in [-0.4, -0.2) is 35.9 Å². The fraction of sp³-hybridized carbons (Fsp3) is 0.160. The highest BCUT2D eigenvalue weighted by atomic mass is 19.1. The van der Waals surface area contributed by atoms with Crippen LogP contribution in [0.5, 0.6) is 5.75 Å². The summed E-state index contributed by atoms with van der Waals surface area (Å²) in [5.74, 6) is 1.03. The number of anilines is 2. The first kappa shape index (κ1) is 22.0. The third-order valence-corrected chi connectivity index (χ3v) is 5.11. The largest absolute Gasteiger partial charge is 0.497 e. The second-order valence-electron chi connectivity index (χ2n) is 7.56. The molecule has 4 rings (SSSR count). The van der Waals surface area contributed by atoms with E-state index in [0.717, 1.165) is 22.1 Å². The molecule has 0 aliphatic heterocycles. The summed E-state index contributed by atoms with van der Waals surface area (Å²) in [6.07, 6.45) is 0. The first-order chi connectivity index (χ1) is 16.0. The van der Waals surface area contributed by atoms with Gasteiger partial charge in [0.05, 0.1) is 7.11 Å². The molecule has 0 radical (unpaired) electrons. The number of carbonyl (C=O) groups is 1. The Labute approximate surface area is 191 Å². The second-order valence-corrected chi connectivity index (χ2v) is 7.56. The number of halogens is 1. The van der Waals surface area contributed by atoms with Crippen LogP contribution < -0.4 is 20.7 Å². The van der Waals surface area contributed by atoms with Crippen molar-refractivity contribution in [3.05, 3.63) is 78.6 Å². The zero-order chi connectivity index (χ0) is 23.2. The number of nitrogens with zero attached hydrogens (tertiary/aromatic N) is 2. The van der Waals surface area contributed by atoms with Gasteiger partial charge in [0.1, 0.15) is 17.3 Å². The summed E-state index contributed by atoms with van der Waals surface area (Å²) in [6, 6.07) is 20.5. The molecule has 8 heteroatoms. The molecule has 2 amide bonds. The lowest BCUT2D eigenvalue weighted by molar-refractivity contribution is 0.249. The van der Waals surface area contributed by atoms with Gasteiger partial charge in [-0.2, -0.15) is 0 Å². The van der Waals surface area contributed by atoms with Crippen molar-refractivity contribution in [3.8, 4) is 17.0 Å². The molecule has 1 heterocycles. The minimum atomic E-state index is -0.308. The summed E-state index contributed by atoms with van der Waals surface area (Å²) in [6.45, 7) is 2.34. The molecule has 3 N–H and O–H groups in total. The molecular weight excluding hydrogens is 421 g/mol. The van der Waals surface area contributed by atoms with Gasteiger partial charge >= 0.3 is 6.03 Å². The van der Waals surface area contributed by atoms with Gasteiger partial charge in [0.2, 0.25) is 0 Å². The van der Waals surface area contributed by atoms with Crippen LogP contribution in [0.1, 0.15) is 6.92 Å². The van der Waals surface area contributed by atoms with Gasteiger partial charge in [0, 0.05) is 34.6 Å². The third-order valence-electron chi connectivity index (χ3n) is 5.11. The molecule has 0 saturated heterocycles. The number of nitrogens with one attached hydrogen (secondary N) is 3. The molecule has 4 aromatic rings. The maximum Gasteiger partial charge on any atom is 0.319 e. The number of carbonyl (C=O) groups excluding carboxylic acids is 1. The van der Waals surface area contributed by atoms with Crippen LogP contribution in [0.15, 0.2) is 72.8 Å². The van der Waals surface area contributed by atoms with E-state index in [1.54, 1.807) is 43.5 Å². The molecule has 0 aliphatic carbocycles. The molecule has 0 bridgehead atoms. The smallest absolute Gasteiger partial charge is 0.319 e.